The first-order valence-corrected chi connectivity index (χ1v) is 8.98. The Kier molecular flexibility index (Phi) is 4.76. The predicted octanol–water partition coefficient (Wildman–Crippen LogP) is -0.0943. The number of carbonyl (C=O) groups is 4. The van der Waals surface area contributed by atoms with Crippen LogP contribution in [0.25, 0.3) is 0 Å². The monoisotopic (exact) mass is 389 g/mol. The van der Waals surface area contributed by atoms with Gasteiger partial charge in [-0.25, -0.2) is 4.79 Å². The van der Waals surface area contributed by atoms with Gasteiger partial charge in [0.2, 0.25) is 5.91 Å². The predicted molar refractivity (Wildman–Crippen MR) is 94.0 cm³/mol. The number of imide groups is 1. The molecule has 1 aromatic carbocycles. The number of esters is 1. The molecule has 1 atom stereocenters. The lowest BCUT2D eigenvalue weighted by Crippen LogP contribution is -2.38. The lowest BCUT2D eigenvalue weighted by molar-refractivity contribution is -0.154. The second kappa shape index (κ2) is 7.37. The lowest BCUT2D eigenvalue weighted by atomic mass is 10.1. The zero-order valence-corrected chi connectivity index (χ0v) is 15.0. The Morgan fingerprint density at radius 2 is 1.96 bits per heavy atom. The van der Waals surface area contributed by atoms with Gasteiger partial charge in [-0.3, -0.25) is 19.3 Å². The van der Waals surface area contributed by atoms with E-state index in [0.717, 1.165) is 4.90 Å². The van der Waals surface area contributed by atoms with Crippen molar-refractivity contribution in [2.24, 2.45) is 5.92 Å². The van der Waals surface area contributed by atoms with Crippen LogP contribution in [0.1, 0.15) is 6.42 Å². The summed E-state index contributed by atoms with van der Waals surface area (Å²) in [7, 11) is 0. The minimum atomic E-state index is -0.680. The SMILES string of the molecule is O=C(OCC(=O)N1CCNC1=O)[C@H]1CC(=O)N(c2ccc3c(c2)OCCO3)C1. The highest BCUT2D eigenvalue weighted by Crippen LogP contribution is 2.36. The van der Waals surface area contributed by atoms with Crippen LogP contribution in [0.3, 0.4) is 0 Å². The van der Waals surface area contributed by atoms with Crippen molar-refractivity contribution in [3.63, 3.8) is 0 Å². The van der Waals surface area contributed by atoms with E-state index in [1.807, 2.05) is 0 Å². The molecule has 1 N–H and O–H groups in total. The highest BCUT2D eigenvalue weighted by molar-refractivity contribution is 6.00. The summed E-state index contributed by atoms with van der Waals surface area (Å²) in [5.74, 6) is -0.957. The molecule has 3 aliphatic heterocycles. The Morgan fingerprint density at radius 3 is 2.71 bits per heavy atom. The fourth-order valence-electron chi connectivity index (χ4n) is 3.35. The van der Waals surface area contributed by atoms with Crippen molar-refractivity contribution in [2.75, 3.05) is 44.4 Å². The summed E-state index contributed by atoms with van der Waals surface area (Å²) in [6.45, 7) is 1.15. The molecule has 4 rings (SSSR count). The van der Waals surface area contributed by atoms with E-state index in [1.54, 1.807) is 18.2 Å². The molecule has 0 radical (unpaired) electrons. The van der Waals surface area contributed by atoms with Crippen molar-refractivity contribution in [3.8, 4) is 11.5 Å². The summed E-state index contributed by atoms with van der Waals surface area (Å²) in [5, 5.41) is 2.50. The average Bonchev–Trinajstić information content (AvgIpc) is 3.31. The molecule has 148 valence electrons. The van der Waals surface area contributed by atoms with Gasteiger partial charge in [-0.15, -0.1) is 0 Å². The Labute approximate surface area is 160 Å². The number of carbonyl (C=O) groups excluding carboxylic acids is 4. The van der Waals surface area contributed by atoms with Crippen molar-refractivity contribution in [2.45, 2.75) is 6.42 Å². The van der Waals surface area contributed by atoms with E-state index in [0.29, 0.717) is 36.9 Å². The second-order valence-corrected chi connectivity index (χ2v) is 6.62. The molecule has 1 aromatic rings. The highest BCUT2D eigenvalue weighted by atomic mass is 16.6. The zero-order valence-electron chi connectivity index (χ0n) is 15.0. The first-order chi connectivity index (χ1) is 13.5. The molecule has 0 aromatic heterocycles. The topological polar surface area (TPSA) is 114 Å². The first-order valence-electron chi connectivity index (χ1n) is 8.98. The standard InChI is InChI=1S/C18H19N3O7/c22-15-7-11(17(24)28-10-16(23)20-4-3-19-18(20)25)9-21(15)12-1-2-13-14(8-12)27-6-5-26-13/h1-2,8,11H,3-7,9-10H2,(H,19,25)/t11-/m0/s1. The number of benzene rings is 1. The highest BCUT2D eigenvalue weighted by Gasteiger charge is 2.37. The van der Waals surface area contributed by atoms with Crippen LogP contribution in [0.5, 0.6) is 11.5 Å². The van der Waals surface area contributed by atoms with Gasteiger partial charge in [0, 0.05) is 37.8 Å². The van der Waals surface area contributed by atoms with Gasteiger partial charge in [-0.2, -0.15) is 0 Å². The fourth-order valence-corrected chi connectivity index (χ4v) is 3.35. The van der Waals surface area contributed by atoms with Gasteiger partial charge in [0.15, 0.2) is 18.1 Å². The average molecular weight is 389 g/mol. The molecule has 10 heteroatoms. The molecule has 0 unspecified atom stereocenters. The maximum absolute atomic E-state index is 12.4. The van der Waals surface area contributed by atoms with Crippen molar-refractivity contribution < 1.29 is 33.4 Å². The van der Waals surface area contributed by atoms with Crippen LogP contribution in [0.15, 0.2) is 18.2 Å². The van der Waals surface area contributed by atoms with Crippen molar-refractivity contribution >= 4 is 29.5 Å². The number of hydrogen-bond acceptors (Lipinski definition) is 7. The van der Waals surface area contributed by atoms with Gasteiger partial charge >= 0.3 is 12.0 Å². The van der Waals surface area contributed by atoms with E-state index in [2.05, 4.69) is 5.32 Å². The number of hydrogen-bond donors (Lipinski definition) is 1. The maximum Gasteiger partial charge on any atom is 0.324 e. The number of fused-ring (bicyclic) bond motifs is 1. The Morgan fingerprint density at radius 1 is 1.18 bits per heavy atom. The summed E-state index contributed by atoms with van der Waals surface area (Å²) >= 11 is 0. The molecule has 2 fully saturated rings. The number of nitrogens with one attached hydrogen (secondary N) is 1. The number of urea groups is 1. The first kappa shape index (κ1) is 18.1. The quantitative estimate of drug-likeness (QED) is 0.716. The Hall–Kier alpha value is -3.30. The molecule has 2 saturated heterocycles. The van der Waals surface area contributed by atoms with E-state index >= 15 is 0 Å². The third-order valence-electron chi connectivity index (χ3n) is 4.79. The number of ether oxygens (including phenoxy) is 3. The molecule has 3 aliphatic rings. The molecular formula is C18H19N3O7. The van der Waals surface area contributed by atoms with Gasteiger partial charge in [0.25, 0.3) is 5.91 Å². The van der Waals surface area contributed by atoms with Gasteiger partial charge in [-0.1, -0.05) is 0 Å². The van der Waals surface area contributed by atoms with E-state index < -0.39 is 30.4 Å². The molecule has 3 heterocycles. The van der Waals surface area contributed by atoms with Crippen LogP contribution >= 0.6 is 0 Å². The van der Waals surface area contributed by atoms with Gasteiger partial charge < -0.3 is 24.4 Å². The number of rotatable bonds is 4. The van der Waals surface area contributed by atoms with Crippen molar-refractivity contribution in [3.05, 3.63) is 18.2 Å². The zero-order chi connectivity index (χ0) is 19.7. The van der Waals surface area contributed by atoms with Crippen LogP contribution in [0.2, 0.25) is 0 Å². The van der Waals surface area contributed by atoms with Crippen LogP contribution in [-0.2, 0) is 19.1 Å². The van der Waals surface area contributed by atoms with E-state index in [1.165, 1.54) is 4.90 Å². The minimum Gasteiger partial charge on any atom is -0.486 e. The molecule has 0 aliphatic carbocycles. The lowest BCUT2D eigenvalue weighted by Gasteiger charge is -2.22. The van der Waals surface area contributed by atoms with Crippen LogP contribution in [0, 0.1) is 5.92 Å². The second-order valence-electron chi connectivity index (χ2n) is 6.62. The molecule has 28 heavy (non-hydrogen) atoms. The fraction of sp³-hybridized carbons (Fsp3) is 0.444. The van der Waals surface area contributed by atoms with Crippen molar-refractivity contribution in [1.82, 2.24) is 10.2 Å². The minimum absolute atomic E-state index is 0.00827. The van der Waals surface area contributed by atoms with Gasteiger partial charge in [0.05, 0.1) is 5.92 Å². The number of amides is 4. The van der Waals surface area contributed by atoms with Crippen LogP contribution < -0.4 is 19.7 Å². The summed E-state index contributed by atoms with van der Waals surface area (Å²) < 4.78 is 16.0. The molecule has 0 saturated carbocycles. The normalized spacial score (nSPS) is 20.9. The summed E-state index contributed by atoms with van der Waals surface area (Å²) in [6, 6.07) is 4.66. The molecule has 4 amide bonds. The molecule has 0 spiro atoms. The summed E-state index contributed by atoms with van der Waals surface area (Å²) in [5.41, 5.74) is 0.606. The Bertz CT molecular complexity index is 840. The van der Waals surface area contributed by atoms with Crippen LogP contribution in [-0.4, -0.2) is 68.2 Å². The number of nitrogens with zero attached hydrogens (tertiary/aromatic N) is 2. The molecule has 10 nitrogen and oxygen atoms in total. The third kappa shape index (κ3) is 3.45. The third-order valence-corrected chi connectivity index (χ3v) is 4.79. The Balaban J connectivity index is 1.35. The summed E-state index contributed by atoms with van der Waals surface area (Å²) in [4.78, 5) is 50.5. The summed E-state index contributed by atoms with van der Waals surface area (Å²) in [6.07, 6.45) is -0.00827. The maximum atomic E-state index is 12.4. The smallest absolute Gasteiger partial charge is 0.324 e. The molecule has 0 bridgehead atoms. The molecular weight excluding hydrogens is 370 g/mol. The van der Waals surface area contributed by atoms with E-state index in [4.69, 9.17) is 14.2 Å². The van der Waals surface area contributed by atoms with E-state index in [-0.39, 0.29) is 25.4 Å². The van der Waals surface area contributed by atoms with Crippen LogP contribution in [0.4, 0.5) is 10.5 Å². The van der Waals surface area contributed by atoms with E-state index in [9.17, 15) is 19.2 Å². The van der Waals surface area contributed by atoms with Gasteiger partial charge in [-0.05, 0) is 12.1 Å². The van der Waals surface area contributed by atoms with Gasteiger partial charge in [0.1, 0.15) is 13.2 Å². The number of anilines is 1. The largest absolute Gasteiger partial charge is 0.486 e. The van der Waals surface area contributed by atoms with Crippen molar-refractivity contribution in [1.29, 1.82) is 0 Å².